The van der Waals surface area contributed by atoms with Crippen molar-refractivity contribution in [2.24, 2.45) is 0 Å². The van der Waals surface area contributed by atoms with Crippen LogP contribution in [-0.4, -0.2) is 43.4 Å². The van der Waals surface area contributed by atoms with Crippen LogP contribution in [-0.2, 0) is 17.5 Å². The van der Waals surface area contributed by atoms with Crippen LogP contribution in [0.5, 0.6) is 0 Å². The van der Waals surface area contributed by atoms with Crippen LogP contribution in [0.15, 0.2) is 78.2 Å². The Morgan fingerprint density at radius 2 is 1.86 bits per heavy atom. The van der Waals surface area contributed by atoms with Crippen LogP contribution < -0.4 is 0 Å². The van der Waals surface area contributed by atoms with E-state index in [0.717, 1.165) is 35.0 Å². The first-order chi connectivity index (χ1) is 16.7. The lowest BCUT2D eigenvalue weighted by Crippen LogP contribution is -2.28. The number of alkyl halides is 3. The molecule has 0 bridgehead atoms. The third-order valence-electron chi connectivity index (χ3n) is 5.40. The van der Waals surface area contributed by atoms with Crippen molar-refractivity contribution < 1.29 is 18.0 Å². The Morgan fingerprint density at radius 3 is 2.57 bits per heavy atom. The third kappa shape index (κ3) is 5.71. The van der Waals surface area contributed by atoms with Crippen LogP contribution in [0, 0.1) is 6.92 Å². The molecular weight excluding hydrogens is 475 g/mol. The molecule has 180 valence electrons. The molecule has 0 fully saturated rings. The molecule has 0 unspecified atom stereocenters. The molecule has 0 aliphatic carbocycles. The maximum absolute atomic E-state index is 13.4. The molecule has 6 nitrogen and oxygen atoms in total. The number of thioether (sulfide) groups is 1. The summed E-state index contributed by atoms with van der Waals surface area (Å²) in [5.74, 6) is 0.243. The maximum Gasteiger partial charge on any atom is 0.416 e. The molecule has 2 heterocycles. The van der Waals surface area contributed by atoms with Gasteiger partial charge in [0.05, 0.1) is 17.0 Å². The van der Waals surface area contributed by atoms with Crippen LogP contribution in [0.1, 0.15) is 16.7 Å². The number of benzene rings is 2. The topological polar surface area (TPSA) is 63.9 Å². The molecule has 2 aromatic heterocycles. The van der Waals surface area contributed by atoms with E-state index in [9.17, 15) is 18.0 Å². The number of amides is 1. The molecular formula is C25H22F3N5OS. The van der Waals surface area contributed by atoms with Crippen molar-refractivity contribution in [3.05, 3.63) is 89.7 Å². The van der Waals surface area contributed by atoms with Gasteiger partial charge in [0.25, 0.3) is 0 Å². The highest BCUT2D eigenvalue weighted by atomic mass is 32.2. The second-order valence-corrected chi connectivity index (χ2v) is 8.84. The quantitative estimate of drug-likeness (QED) is 0.320. The average Bonchev–Trinajstić information content (AvgIpc) is 3.28. The number of aryl methyl sites for hydroxylation is 1. The predicted molar refractivity (Wildman–Crippen MR) is 128 cm³/mol. The number of carbonyl (C=O) groups is 1. The zero-order chi connectivity index (χ0) is 25.0. The lowest BCUT2D eigenvalue weighted by molar-refractivity contribution is -0.137. The Balaban J connectivity index is 1.61. The Kier molecular flexibility index (Phi) is 7.20. The van der Waals surface area contributed by atoms with Crippen LogP contribution in [0.25, 0.3) is 17.1 Å². The van der Waals surface area contributed by atoms with Gasteiger partial charge in [0, 0.05) is 31.5 Å². The van der Waals surface area contributed by atoms with Crippen molar-refractivity contribution in [1.29, 1.82) is 0 Å². The molecule has 0 aliphatic heterocycles. The van der Waals surface area contributed by atoms with Gasteiger partial charge in [-0.3, -0.25) is 14.3 Å². The number of rotatable bonds is 7. The first-order valence-electron chi connectivity index (χ1n) is 10.7. The van der Waals surface area contributed by atoms with Crippen LogP contribution in [0.4, 0.5) is 13.2 Å². The van der Waals surface area contributed by atoms with E-state index in [0.29, 0.717) is 23.1 Å². The van der Waals surface area contributed by atoms with E-state index in [1.165, 1.54) is 10.6 Å². The molecule has 0 atom stereocenters. The highest BCUT2D eigenvalue weighted by Gasteiger charge is 2.31. The summed E-state index contributed by atoms with van der Waals surface area (Å²) in [4.78, 5) is 18.5. The second kappa shape index (κ2) is 10.3. The van der Waals surface area contributed by atoms with Crippen LogP contribution in [0.2, 0.25) is 0 Å². The number of aromatic nitrogens is 4. The van der Waals surface area contributed by atoms with Crippen molar-refractivity contribution in [2.75, 3.05) is 12.8 Å². The molecule has 10 heteroatoms. The van der Waals surface area contributed by atoms with Crippen molar-refractivity contribution in [3.8, 4) is 17.1 Å². The summed E-state index contributed by atoms with van der Waals surface area (Å²) < 4.78 is 41.7. The second-order valence-electron chi connectivity index (χ2n) is 7.90. The standard InChI is InChI=1S/C25H22F3N5OS/c1-17-7-3-4-8-19(17)15-32(2)22(34)16-35-24-31-30-23(18-9-6-12-29-14-18)33(24)21-11-5-10-20(13-21)25(26,27)28/h3-14H,15-16H2,1-2H3. The number of hydrogen-bond donors (Lipinski definition) is 0. The van der Waals surface area contributed by atoms with E-state index in [2.05, 4.69) is 15.2 Å². The molecule has 0 radical (unpaired) electrons. The lowest BCUT2D eigenvalue weighted by atomic mass is 10.1. The Labute approximate surface area is 204 Å². The normalized spacial score (nSPS) is 11.5. The summed E-state index contributed by atoms with van der Waals surface area (Å²) in [5.41, 5.74) is 2.18. The van der Waals surface area contributed by atoms with Gasteiger partial charge in [0.15, 0.2) is 11.0 Å². The van der Waals surface area contributed by atoms with Gasteiger partial charge < -0.3 is 4.90 Å². The zero-order valence-corrected chi connectivity index (χ0v) is 19.8. The molecule has 0 saturated carbocycles. The number of hydrogen-bond acceptors (Lipinski definition) is 5. The number of nitrogens with zero attached hydrogens (tertiary/aromatic N) is 5. The average molecular weight is 498 g/mol. The van der Waals surface area contributed by atoms with Crippen molar-refractivity contribution in [1.82, 2.24) is 24.6 Å². The van der Waals surface area contributed by atoms with Gasteiger partial charge >= 0.3 is 6.18 Å². The molecule has 1 amide bonds. The lowest BCUT2D eigenvalue weighted by Gasteiger charge is -2.18. The van der Waals surface area contributed by atoms with Gasteiger partial charge in [-0.1, -0.05) is 42.1 Å². The fourth-order valence-electron chi connectivity index (χ4n) is 3.47. The minimum atomic E-state index is -4.50. The van der Waals surface area contributed by atoms with E-state index in [-0.39, 0.29) is 17.3 Å². The summed E-state index contributed by atoms with van der Waals surface area (Å²) in [5, 5.41) is 8.70. The molecule has 0 N–H and O–H groups in total. The first kappa shape index (κ1) is 24.5. The fraction of sp³-hybridized carbons (Fsp3) is 0.200. The summed E-state index contributed by atoms with van der Waals surface area (Å²) in [7, 11) is 1.72. The van der Waals surface area contributed by atoms with Gasteiger partial charge in [-0.2, -0.15) is 13.2 Å². The first-order valence-corrected chi connectivity index (χ1v) is 11.7. The molecule has 0 spiro atoms. The van der Waals surface area contributed by atoms with E-state index in [1.807, 2.05) is 31.2 Å². The maximum atomic E-state index is 13.4. The summed E-state index contributed by atoms with van der Waals surface area (Å²) in [6, 6.07) is 16.2. The van der Waals surface area contributed by atoms with E-state index < -0.39 is 11.7 Å². The Morgan fingerprint density at radius 1 is 1.06 bits per heavy atom. The van der Waals surface area contributed by atoms with Gasteiger partial charge in [0.1, 0.15) is 0 Å². The van der Waals surface area contributed by atoms with E-state index >= 15 is 0 Å². The summed E-state index contributed by atoms with van der Waals surface area (Å²) in [6.45, 7) is 2.44. The number of halogens is 3. The van der Waals surface area contributed by atoms with Crippen molar-refractivity contribution in [2.45, 2.75) is 24.8 Å². The number of carbonyl (C=O) groups excluding carboxylic acids is 1. The van der Waals surface area contributed by atoms with Crippen molar-refractivity contribution in [3.63, 3.8) is 0 Å². The minimum Gasteiger partial charge on any atom is -0.341 e. The Hall–Kier alpha value is -3.66. The highest BCUT2D eigenvalue weighted by Crippen LogP contribution is 2.33. The predicted octanol–water partition coefficient (Wildman–Crippen LogP) is 5.41. The van der Waals surface area contributed by atoms with Gasteiger partial charge in [-0.25, -0.2) is 0 Å². The minimum absolute atomic E-state index is 0.0481. The van der Waals surface area contributed by atoms with Crippen LogP contribution >= 0.6 is 11.8 Å². The van der Waals surface area contributed by atoms with Gasteiger partial charge in [-0.05, 0) is 48.4 Å². The summed E-state index contributed by atoms with van der Waals surface area (Å²) in [6.07, 6.45) is -1.35. The molecule has 4 aromatic rings. The number of pyridine rings is 1. The smallest absolute Gasteiger partial charge is 0.341 e. The highest BCUT2D eigenvalue weighted by molar-refractivity contribution is 7.99. The Bertz CT molecular complexity index is 1320. The van der Waals surface area contributed by atoms with E-state index in [4.69, 9.17) is 0 Å². The molecule has 2 aromatic carbocycles. The molecule has 35 heavy (non-hydrogen) atoms. The molecule has 0 aliphatic rings. The summed E-state index contributed by atoms with van der Waals surface area (Å²) >= 11 is 1.12. The van der Waals surface area contributed by atoms with Crippen LogP contribution in [0.3, 0.4) is 0 Å². The third-order valence-corrected chi connectivity index (χ3v) is 6.32. The monoisotopic (exact) mass is 497 g/mol. The molecule has 4 rings (SSSR count). The van der Waals surface area contributed by atoms with Gasteiger partial charge in [-0.15, -0.1) is 10.2 Å². The SMILES string of the molecule is Cc1ccccc1CN(C)C(=O)CSc1nnc(-c2cccnc2)n1-c1cccc(C(F)(F)F)c1. The fourth-order valence-corrected chi connectivity index (χ4v) is 4.36. The van der Waals surface area contributed by atoms with Crippen molar-refractivity contribution >= 4 is 17.7 Å². The molecule has 0 saturated heterocycles. The van der Waals surface area contributed by atoms with E-state index in [1.54, 1.807) is 42.5 Å². The largest absolute Gasteiger partial charge is 0.416 e. The van der Waals surface area contributed by atoms with Gasteiger partial charge in [0.2, 0.25) is 5.91 Å². The zero-order valence-electron chi connectivity index (χ0n) is 19.0.